The molecule has 5 nitrogen and oxygen atoms in total. The fourth-order valence-corrected chi connectivity index (χ4v) is 2.93. The van der Waals surface area contributed by atoms with E-state index in [9.17, 15) is 0 Å². The Balaban J connectivity index is 1.75. The maximum Gasteiger partial charge on any atom is 0.195 e. The number of hydrogen-bond donors (Lipinski definition) is 1. The van der Waals surface area contributed by atoms with Crippen LogP contribution in [0.2, 0.25) is 0 Å². The van der Waals surface area contributed by atoms with Crippen LogP contribution in [0.1, 0.15) is 18.9 Å². The maximum atomic E-state index is 4.41. The third-order valence-electron chi connectivity index (χ3n) is 3.07. The zero-order valence-electron chi connectivity index (χ0n) is 11.9. The topological polar surface area (TPSA) is 55.1 Å². The fourth-order valence-electron chi connectivity index (χ4n) is 2.02. The molecular formula is C15H17N5S. The van der Waals surface area contributed by atoms with Crippen molar-refractivity contribution < 1.29 is 0 Å². The highest BCUT2D eigenvalue weighted by molar-refractivity contribution is 7.98. The third-order valence-corrected chi connectivity index (χ3v) is 4.06. The van der Waals surface area contributed by atoms with Crippen molar-refractivity contribution in [1.29, 1.82) is 0 Å². The molecule has 0 unspecified atom stereocenters. The molecule has 0 aromatic carbocycles. The molecule has 3 aromatic rings. The van der Waals surface area contributed by atoms with Gasteiger partial charge < -0.3 is 5.32 Å². The van der Waals surface area contributed by atoms with E-state index < -0.39 is 0 Å². The van der Waals surface area contributed by atoms with Gasteiger partial charge in [0.2, 0.25) is 0 Å². The van der Waals surface area contributed by atoms with Crippen LogP contribution >= 0.6 is 11.8 Å². The molecule has 3 rings (SSSR count). The zero-order chi connectivity index (χ0) is 14.5. The Kier molecular flexibility index (Phi) is 4.35. The van der Waals surface area contributed by atoms with E-state index in [-0.39, 0.29) is 0 Å². The largest absolute Gasteiger partial charge is 0.370 e. The molecule has 0 saturated carbocycles. The predicted octanol–water partition coefficient (Wildman–Crippen LogP) is 3.24. The second-order valence-corrected chi connectivity index (χ2v) is 5.58. The first-order valence-corrected chi connectivity index (χ1v) is 7.97. The van der Waals surface area contributed by atoms with Gasteiger partial charge in [0.1, 0.15) is 5.82 Å². The summed E-state index contributed by atoms with van der Waals surface area (Å²) in [5.41, 5.74) is 2.05. The molecule has 3 aromatic heterocycles. The molecule has 0 radical (unpaired) electrons. The summed E-state index contributed by atoms with van der Waals surface area (Å²) in [4.78, 5) is 4.41. The van der Waals surface area contributed by atoms with E-state index in [1.54, 1.807) is 11.8 Å². The van der Waals surface area contributed by atoms with Gasteiger partial charge in [0.25, 0.3) is 0 Å². The lowest BCUT2D eigenvalue weighted by Crippen LogP contribution is -2.04. The van der Waals surface area contributed by atoms with Gasteiger partial charge in [0, 0.05) is 30.3 Å². The lowest BCUT2D eigenvalue weighted by Gasteiger charge is -2.09. The number of nitrogens with one attached hydrogen (secondary N) is 1. The molecule has 0 aliphatic rings. The summed E-state index contributed by atoms with van der Waals surface area (Å²) in [6.07, 6.45) is 4.88. The molecule has 0 atom stereocenters. The highest BCUT2D eigenvalue weighted by atomic mass is 32.2. The molecule has 0 aliphatic carbocycles. The standard InChI is InChI=1S/C15H17N5S/c1-2-8-16-14-12(6-5-9-17-14)11-21-15-19-18-13-7-3-4-10-20(13)15/h3-7,9-10H,2,8,11H2,1H3,(H,16,17). The third kappa shape index (κ3) is 3.16. The first-order chi connectivity index (χ1) is 10.4. The first kappa shape index (κ1) is 13.9. The van der Waals surface area contributed by atoms with Gasteiger partial charge in [-0.05, 0) is 24.6 Å². The van der Waals surface area contributed by atoms with E-state index in [2.05, 4.69) is 33.5 Å². The summed E-state index contributed by atoms with van der Waals surface area (Å²) in [5, 5.41) is 12.7. The number of anilines is 1. The van der Waals surface area contributed by atoms with E-state index in [0.29, 0.717) is 0 Å². The van der Waals surface area contributed by atoms with Crippen molar-refractivity contribution in [2.24, 2.45) is 0 Å². The van der Waals surface area contributed by atoms with Gasteiger partial charge in [0.15, 0.2) is 10.8 Å². The van der Waals surface area contributed by atoms with Crippen molar-refractivity contribution in [3.8, 4) is 0 Å². The smallest absolute Gasteiger partial charge is 0.195 e. The molecule has 21 heavy (non-hydrogen) atoms. The number of hydrogen-bond acceptors (Lipinski definition) is 5. The molecular weight excluding hydrogens is 282 g/mol. The highest BCUT2D eigenvalue weighted by Gasteiger charge is 2.08. The number of rotatable bonds is 6. The SMILES string of the molecule is CCCNc1ncccc1CSc1nnc2ccccn12. The van der Waals surface area contributed by atoms with Crippen LogP contribution in [0.15, 0.2) is 47.9 Å². The quantitative estimate of drug-likeness (QED) is 0.708. The lowest BCUT2D eigenvalue weighted by molar-refractivity contribution is 0.920. The minimum Gasteiger partial charge on any atom is -0.370 e. The van der Waals surface area contributed by atoms with Gasteiger partial charge in [-0.15, -0.1) is 10.2 Å². The minimum absolute atomic E-state index is 0.815. The van der Waals surface area contributed by atoms with Crippen LogP contribution in [0.25, 0.3) is 5.65 Å². The summed E-state index contributed by atoms with van der Waals surface area (Å²) in [6.45, 7) is 3.08. The van der Waals surface area contributed by atoms with Gasteiger partial charge >= 0.3 is 0 Å². The molecule has 0 amide bonds. The van der Waals surface area contributed by atoms with Crippen LogP contribution in [0, 0.1) is 0 Å². The van der Waals surface area contributed by atoms with Crippen molar-refractivity contribution in [2.45, 2.75) is 24.3 Å². The predicted molar refractivity (Wildman–Crippen MR) is 85.6 cm³/mol. The van der Waals surface area contributed by atoms with Gasteiger partial charge in [-0.2, -0.15) is 0 Å². The van der Waals surface area contributed by atoms with Gasteiger partial charge in [-0.3, -0.25) is 4.40 Å². The number of nitrogens with zero attached hydrogens (tertiary/aromatic N) is 4. The molecule has 3 heterocycles. The molecule has 108 valence electrons. The molecule has 0 spiro atoms. The zero-order valence-corrected chi connectivity index (χ0v) is 12.7. The summed E-state index contributed by atoms with van der Waals surface area (Å²) in [7, 11) is 0. The average molecular weight is 299 g/mol. The second-order valence-electron chi connectivity index (χ2n) is 4.64. The summed E-state index contributed by atoms with van der Waals surface area (Å²) in [6, 6.07) is 9.97. The lowest BCUT2D eigenvalue weighted by atomic mass is 10.3. The molecule has 0 fully saturated rings. The van der Waals surface area contributed by atoms with Crippen molar-refractivity contribution in [2.75, 3.05) is 11.9 Å². The Labute approximate surface area is 127 Å². The monoisotopic (exact) mass is 299 g/mol. The van der Waals surface area contributed by atoms with E-state index in [0.717, 1.165) is 35.3 Å². The van der Waals surface area contributed by atoms with Crippen LogP contribution in [-0.4, -0.2) is 26.1 Å². The van der Waals surface area contributed by atoms with Crippen LogP contribution < -0.4 is 5.32 Å². The Morgan fingerprint density at radius 3 is 3.05 bits per heavy atom. The van der Waals surface area contributed by atoms with E-state index in [4.69, 9.17) is 0 Å². The molecule has 0 saturated heterocycles. The van der Waals surface area contributed by atoms with Gasteiger partial charge in [-0.1, -0.05) is 30.8 Å². The van der Waals surface area contributed by atoms with Crippen molar-refractivity contribution in [1.82, 2.24) is 19.6 Å². The van der Waals surface area contributed by atoms with Crippen LogP contribution in [0.3, 0.4) is 0 Å². The van der Waals surface area contributed by atoms with E-state index >= 15 is 0 Å². The molecule has 6 heteroatoms. The fraction of sp³-hybridized carbons (Fsp3) is 0.267. The minimum atomic E-state index is 0.815. The second kappa shape index (κ2) is 6.58. The van der Waals surface area contributed by atoms with Gasteiger partial charge in [-0.25, -0.2) is 4.98 Å². The highest BCUT2D eigenvalue weighted by Crippen LogP contribution is 2.24. The Morgan fingerprint density at radius 1 is 1.19 bits per heavy atom. The van der Waals surface area contributed by atoms with E-state index in [1.807, 2.05) is 41.1 Å². The number of pyridine rings is 2. The van der Waals surface area contributed by atoms with Gasteiger partial charge in [0.05, 0.1) is 0 Å². The summed E-state index contributed by atoms with van der Waals surface area (Å²) < 4.78 is 2.00. The maximum absolute atomic E-state index is 4.41. The van der Waals surface area contributed by atoms with Crippen molar-refractivity contribution in [3.63, 3.8) is 0 Å². The van der Waals surface area contributed by atoms with Crippen LogP contribution in [-0.2, 0) is 5.75 Å². The van der Waals surface area contributed by atoms with Crippen LogP contribution in [0.5, 0.6) is 0 Å². The molecule has 0 bridgehead atoms. The number of aromatic nitrogens is 4. The summed E-state index contributed by atoms with van der Waals surface area (Å²) in [5.74, 6) is 1.77. The average Bonchev–Trinajstić information content (AvgIpc) is 2.95. The van der Waals surface area contributed by atoms with E-state index in [1.165, 1.54) is 5.56 Å². The number of thioether (sulfide) groups is 1. The summed E-state index contributed by atoms with van der Waals surface area (Å²) >= 11 is 1.67. The Bertz CT molecular complexity index is 725. The normalized spacial score (nSPS) is 10.9. The molecule has 1 N–H and O–H groups in total. The van der Waals surface area contributed by atoms with Crippen molar-refractivity contribution >= 4 is 23.2 Å². The molecule has 0 aliphatic heterocycles. The van der Waals surface area contributed by atoms with Crippen LogP contribution in [0.4, 0.5) is 5.82 Å². The Morgan fingerprint density at radius 2 is 2.14 bits per heavy atom. The Hall–Kier alpha value is -2.08. The first-order valence-electron chi connectivity index (χ1n) is 6.99. The van der Waals surface area contributed by atoms with Crippen molar-refractivity contribution in [3.05, 3.63) is 48.3 Å². The number of fused-ring (bicyclic) bond motifs is 1.